The molecular formula is C17H26FNO. The van der Waals surface area contributed by atoms with E-state index in [-0.39, 0.29) is 5.82 Å². The summed E-state index contributed by atoms with van der Waals surface area (Å²) in [5.74, 6) is -0.319. The molecule has 20 heavy (non-hydrogen) atoms. The SMILES string of the molecule is CC(O)c1c(F)cccc1N(C)C1CCC(C)(C)CC1. The van der Waals surface area contributed by atoms with Crippen molar-refractivity contribution in [3.05, 3.63) is 29.6 Å². The number of nitrogens with zero attached hydrogens (tertiary/aromatic N) is 1. The molecule has 0 bridgehead atoms. The fourth-order valence-electron chi connectivity index (χ4n) is 3.21. The van der Waals surface area contributed by atoms with Gasteiger partial charge in [0.05, 0.1) is 6.10 Å². The van der Waals surface area contributed by atoms with Crippen LogP contribution in [-0.2, 0) is 0 Å². The van der Waals surface area contributed by atoms with Gasteiger partial charge in [-0.3, -0.25) is 0 Å². The Kier molecular flexibility index (Phi) is 4.38. The first-order valence-corrected chi connectivity index (χ1v) is 7.51. The number of benzene rings is 1. The number of rotatable bonds is 3. The first-order chi connectivity index (χ1) is 9.32. The highest BCUT2D eigenvalue weighted by Gasteiger charge is 2.30. The van der Waals surface area contributed by atoms with Crippen LogP contribution in [-0.4, -0.2) is 18.2 Å². The Labute approximate surface area is 121 Å². The fourth-order valence-corrected chi connectivity index (χ4v) is 3.21. The number of aliphatic hydroxyl groups is 1. The highest BCUT2D eigenvalue weighted by molar-refractivity contribution is 5.55. The summed E-state index contributed by atoms with van der Waals surface area (Å²) < 4.78 is 14.0. The number of aliphatic hydroxyl groups excluding tert-OH is 1. The van der Waals surface area contributed by atoms with Gasteiger partial charge >= 0.3 is 0 Å². The van der Waals surface area contributed by atoms with Crippen LogP contribution in [0.1, 0.15) is 58.1 Å². The molecule has 2 nitrogen and oxygen atoms in total. The molecule has 0 radical (unpaired) electrons. The van der Waals surface area contributed by atoms with Crippen LogP contribution < -0.4 is 4.90 Å². The third-order valence-electron chi connectivity index (χ3n) is 4.68. The van der Waals surface area contributed by atoms with Gasteiger partial charge in [0, 0.05) is 24.3 Å². The lowest BCUT2D eigenvalue weighted by Gasteiger charge is -2.40. The maximum Gasteiger partial charge on any atom is 0.131 e. The van der Waals surface area contributed by atoms with Crippen molar-refractivity contribution >= 4 is 5.69 Å². The molecule has 0 spiro atoms. The Hall–Kier alpha value is -1.09. The highest BCUT2D eigenvalue weighted by atomic mass is 19.1. The minimum absolute atomic E-state index is 0.319. The van der Waals surface area contributed by atoms with E-state index in [1.54, 1.807) is 13.0 Å². The van der Waals surface area contributed by atoms with Gasteiger partial charge in [-0.15, -0.1) is 0 Å². The summed E-state index contributed by atoms with van der Waals surface area (Å²) in [7, 11) is 2.02. The minimum Gasteiger partial charge on any atom is -0.389 e. The number of halogens is 1. The van der Waals surface area contributed by atoms with E-state index in [1.807, 2.05) is 13.1 Å². The molecule has 0 aromatic heterocycles. The molecule has 1 N–H and O–H groups in total. The van der Waals surface area contributed by atoms with Crippen molar-refractivity contribution in [3.63, 3.8) is 0 Å². The summed E-state index contributed by atoms with van der Waals surface area (Å²) in [6, 6.07) is 5.48. The molecule has 2 rings (SSSR count). The summed E-state index contributed by atoms with van der Waals surface area (Å²) >= 11 is 0. The summed E-state index contributed by atoms with van der Waals surface area (Å²) in [6.45, 7) is 6.25. The van der Waals surface area contributed by atoms with Crippen molar-refractivity contribution in [2.24, 2.45) is 5.41 Å². The Morgan fingerprint density at radius 2 is 1.90 bits per heavy atom. The molecule has 0 aliphatic heterocycles. The maximum absolute atomic E-state index is 14.0. The lowest BCUT2D eigenvalue weighted by Crippen LogP contribution is -2.37. The van der Waals surface area contributed by atoms with E-state index in [9.17, 15) is 9.50 Å². The lowest BCUT2D eigenvalue weighted by molar-refractivity contribution is 0.193. The number of hydrogen-bond acceptors (Lipinski definition) is 2. The molecule has 112 valence electrons. The second-order valence-corrected chi connectivity index (χ2v) is 6.85. The normalized spacial score (nSPS) is 20.7. The van der Waals surface area contributed by atoms with Gasteiger partial charge < -0.3 is 10.0 Å². The van der Waals surface area contributed by atoms with Gasteiger partial charge in [-0.2, -0.15) is 0 Å². The van der Waals surface area contributed by atoms with E-state index in [2.05, 4.69) is 18.7 Å². The Morgan fingerprint density at radius 1 is 1.30 bits per heavy atom. The van der Waals surface area contributed by atoms with E-state index in [4.69, 9.17) is 0 Å². The minimum atomic E-state index is -0.784. The van der Waals surface area contributed by atoms with Gasteiger partial charge in [0.25, 0.3) is 0 Å². The highest BCUT2D eigenvalue weighted by Crippen LogP contribution is 2.39. The van der Waals surface area contributed by atoms with Crippen molar-refractivity contribution in [1.82, 2.24) is 0 Å². The van der Waals surface area contributed by atoms with Crippen molar-refractivity contribution in [3.8, 4) is 0 Å². The molecule has 1 fully saturated rings. The monoisotopic (exact) mass is 279 g/mol. The summed E-state index contributed by atoms with van der Waals surface area (Å²) in [4.78, 5) is 2.15. The molecule has 1 atom stereocenters. The molecule has 0 saturated heterocycles. The smallest absolute Gasteiger partial charge is 0.131 e. The predicted octanol–water partition coefficient (Wildman–Crippen LogP) is 4.28. The van der Waals surface area contributed by atoms with Gasteiger partial charge in [-0.1, -0.05) is 19.9 Å². The van der Waals surface area contributed by atoms with Crippen LogP contribution >= 0.6 is 0 Å². The zero-order chi connectivity index (χ0) is 14.9. The van der Waals surface area contributed by atoms with E-state index in [0.29, 0.717) is 17.0 Å². The van der Waals surface area contributed by atoms with E-state index in [1.165, 1.54) is 18.9 Å². The van der Waals surface area contributed by atoms with E-state index >= 15 is 0 Å². The topological polar surface area (TPSA) is 23.5 Å². The third kappa shape index (κ3) is 3.14. The molecule has 1 unspecified atom stereocenters. The largest absolute Gasteiger partial charge is 0.389 e. The molecule has 1 aliphatic rings. The van der Waals surface area contributed by atoms with E-state index < -0.39 is 6.10 Å². The van der Waals surface area contributed by atoms with Crippen molar-refractivity contribution in [1.29, 1.82) is 0 Å². The van der Waals surface area contributed by atoms with Crippen molar-refractivity contribution in [2.45, 2.75) is 58.6 Å². The quantitative estimate of drug-likeness (QED) is 0.892. The molecule has 0 amide bonds. The van der Waals surface area contributed by atoms with Crippen molar-refractivity contribution < 1.29 is 9.50 Å². The first-order valence-electron chi connectivity index (χ1n) is 7.51. The van der Waals surface area contributed by atoms with Crippen LogP contribution in [0.15, 0.2) is 18.2 Å². The summed E-state index contributed by atoms with van der Waals surface area (Å²) in [5, 5.41) is 9.85. The molecular weight excluding hydrogens is 253 g/mol. The van der Waals surface area contributed by atoms with Crippen LogP contribution in [0.2, 0.25) is 0 Å². The van der Waals surface area contributed by atoms with E-state index in [0.717, 1.165) is 18.5 Å². The summed E-state index contributed by atoms with van der Waals surface area (Å²) in [6.07, 6.45) is 3.86. The Bertz CT molecular complexity index is 460. The molecule has 1 aromatic carbocycles. The molecule has 3 heteroatoms. The average molecular weight is 279 g/mol. The Morgan fingerprint density at radius 3 is 2.45 bits per heavy atom. The second kappa shape index (κ2) is 5.72. The average Bonchev–Trinajstić information content (AvgIpc) is 2.37. The van der Waals surface area contributed by atoms with Gasteiger partial charge in [0.1, 0.15) is 5.82 Å². The summed E-state index contributed by atoms with van der Waals surface area (Å²) in [5.41, 5.74) is 1.66. The molecule has 1 saturated carbocycles. The van der Waals surface area contributed by atoms with Crippen LogP contribution in [0.5, 0.6) is 0 Å². The molecule has 1 aromatic rings. The van der Waals surface area contributed by atoms with Gasteiger partial charge in [0.15, 0.2) is 0 Å². The Balaban J connectivity index is 2.22. The number of hydrogen-bond donors (Lipinski definition) is 1. The van der Waals surface area contributed by atoms with Gasteiger partial charge in [-0.05, 0) is 50.2 Å². The third-order valence-corrected chi connectivity index (χ3v) is 4.68. The van der Waals surface area contributed by atoms with Gasteiger partial charge in [0.2, 0.25) is 0 Å². The van der Waals surface area contributed by atoms with Crippen LogP contribution in [0.3, 0.4) is 0 Å². The standard InChI is InChI=1S/C17H26FNO/c1-12(20)16-14(18)6-5-7-15(16)19(4)13-8-10-17(2,3)11-9-13/h5-7,12-13,20H,8-11H2,1-4H3. The fraction of sp³-hybridized carbons (Fsp3) is 0.647. The zero-order valence-electron chi connectivity index (χ0n) is 13.0. The second-order valence-electron chi connectivity index (χ2n) is 6.85. The molecule has 1 aliphatic carbocycles. The maximum atomic E-state index is 14.0. The lowest BCUT2D eigenvalue weighted by atomic mass is 9.75. The first kappa shape index (κ1) is 15.3. The zero-order valence-corrected chi connectivity index (χ0v) is 13.0. The van der Waals surface area contributed by atoms with Crippen LogP contribution in [0.4, 0.5) is 10.1 Å². The number of anilines is 1. The van der Waals surface area contributed by atoms with Gasteiger partial charge in [-0.25, -0.2) is 4.39 Å². The predicted molar refractivity (Wildman–Crippen MR) is 81.5 cm³/mol. The van der Waals surface area contributed by atoms with Crippen LogP contribution in [0.25, 0.3) is 0 Å². The van der Waals surface area contributed by atoms with Crippen molar-refractivity contribution in [2.75, 3.05) is 11.9 Å². The molecule has 0 heterocycles. The van der Waals surface area contributed by atoms with Crippen LogP contribution in [0, 0.1) is 11.2 Å².